The highest BCUT2D eigenvalue weighted by Gasteiger charge is 2.12. The fraction of sp³-hybridized carbons (Fsp3) is 0.250. The van der Waals surface area contributed by atoms with Crippen molar-refractivity contribution >= 4 is 5.91 Å². The molecule has 0 aliphatic heterocycles. The van der Waals surface area contributed by atoms with E-state index in [1.54, 1.807) is 6.20 Å². The van der Waals surface area contributed by atoms with Crippen LogP contribution in [-0.2, 0) is 6.42 Å². The highest BCUT2D eigenvalue weighted by atomic mass is 16.1. The third-order valence-corrected chi connectivity index (χ3v) is 4.21. The summed E-state index contributed by atoms with van der Waals surface area (Å²) in [7, 11) is 0. The lowest BCUT2D eigenvalue weighted by Crippen LogP contribution is -2.34. The molecule has 1 atom stereocenters. The van der Waals surface area contributed by atoms with Gasteiger partial charge in [-0.25, -0.2) is 0 Å². The molecule has 0 aliphatic rings. The molecule has 0 radical (unpaired) electrons. The van der Waals surface area contributed by atoms with E-state index < -0.39 is 0 Å². The first-order valence-electron chi connectivity index (χ1n) is 8.36. The Bertz CT molecular complexity index is 834. The summed E-state index contributed by atoms with van der Waals surface area (Å²) in [6.07, 6.45) is 4.33. The number of carbonyl (C=O) groups is 1. The summed E-state index contributed by atoms with van der Waals surface area (Å²) in [6.45, 7) is 5.97. The highest BCUT2D eigenvalue weighted by Crippen LogP contribution is 2.25. The van der Waals surface area contributed by atoms with Crippen molar-refractivity contribution in [3.63, 3.8) is 0 Å². The summed E-state index contributed by atoms with van der Waals surface area (Å²) in [5, 5.41) is 10.2. The minimum absolute atomic E-state index is 0.0368. The molecule has 3 rings (SSSR count). The Hall–Kier alpha value is -2.95. The maximum atomic E-state index is 12.4. The summed E-state index contributed by atoms with van der Waals surface area (Å²) in [5.74, 6) is -0.0661. The first-order valence-corrected chi connectivity index (χ1v) is 8.36. The number of pyridine rings is 1. The van der Waals surface area contributed by atoms with Crippen molar-refractivity contribution in [1.82, 2.24) is 20.5 Å². The molecule has 0 fully saturated rings. The Kier molecular flexibility index (Phi) is 4.93. The van der Waals surface area contributed by atoms with E-state index >= 15 is 0 Å². The first-order chi connectivity index (χ1) is 12.0. The number of amides is 1. The molecule has 5 heteroatoms. The fourth-order valence-electron chi connectivity index (χ4n) is 3.00. The van der Waals surface area contributed by atoms with Gasteiger partial charge in [-0.1, -0.05) is 18.2 Å². The average molecular weight is 334 g/mol. The maximum Gasteiger partial charge on any atom is 0.251 e. The Morgan fingerprint density at radius 1 is 1.20 bits per heavy atom. The smallest absolute Gasteiger partial charge is 0.251 e. The van der Waals surface area contributed by atoms with Gasteiger partial charge < -0.3 is 5.32 Å². The van der Waals surface area contributed by atoms with Gasteiger partial charge in [-0.15, -0.1) is 0 Å². The monoisotopic (exact) mass is 334 g/mol. The third-order valence-electron chi connectivity index (χ3n) is 4.21. The molecular formula is C20H22N4O. The highest BCUT2D eigenvalue weighted by molar-refractivity contribution is 5.95. The van der Waals surface area contributed by atoms with Crippen LogP contribution in [0.4, 0.5) is 0 Å². The zero-order valence-electron chi connectivity index (χ0n) is 14.7. The Labute approximate surface area is 147 Å². The Balaban J connectivity index is 1.67. The fourth-order valence-corrected chi connectivity index (χ4v) is 3.00. The van der Waals surface area contributed by atoms with Crippen LogP contribution < -0.4 is 5.32 Å². The van der Waals surface area contributed by atoms with Crippen molar-refractivity contribution in [2.45, 2.75) is 33.2 Å². The van der Waals surface area contributed by atoms with Crippen LogP contribution in [-0.4, -0.2) is 27.1 Å². The van der Waals surface area contributed by atoms with Crippen LogP contribution in [0.1, 0.15) is 34.2 Å². The quantitative estimate of drug-likeness (QED) is 0.751. The second kappa shape index (κ2) is 7.30. The van der Waals surface area contributed by atoms with Crippen LogP contribution in [0.5, 0.6) is 0 Å². The second-order valence-electron chi connectivity index (χ2n) is 6.33. The molecule has 0 saturated heterocycles. The van der Waals surface area contributed by atoms with Gasteiger partial charge in [0.25, 0.3) is 5.91 Å². The van der Waals surface area contributed by atoms with Crippen LogP contribution >= 0.6 is 0 Å². The normalized spacial score (nSPS) is 12.0. The van der Waals surface area contributed by atoms with Crippen molar-refractivity contribution in [2.24, 2.45) is 0 Å². The molecule has 0 aliphatic carbocycles. The average Bonchev–Trinajstić information content (AvgIpc) is 2.94. The molecule has 2 heterocycles. The molecule has 0 spiro atoms. The molecule has 0 unspecified atom stereocenters. The third kappa shape index (κ3) is 3.94. The topological polar surface area (TPSA) is 70.7 Å². The number of benzene rings is 1. The molecule has 0 bridgehead atoms. The number of aryl methyl sites for hydroxylation is 2. The van der Waals surface area contributed by atoms with E-state index in [1.165, 1.54) is 0 Å². The standard InChI is InChI=1S/C20H22N4O/c1-13(11-16-5-4-10-21-12-16)22-20(25)18-8-6-17(7-9-18)19-14(2)23-24-15(19)3/h4-10,12-13H,11H2,1-3H3,(H,22,25)(H,23,24)/t13-/m1/s1. The SMILES string of the molecule is Cc1n[nH]c(C)c1-c1ccc(C(=O)N[C@H](C)Cc2cccnc2)cc1. The number of nitrogens with zero attached hydrogens (tertiary/aromatic N) is 2. The molecule has 1 amide bonds. The molecule has 1 aromatic carbocycles. The number of hydrogen-bond donors (Lipinski definition) is 2. The van der Waals surface area contributed by atoms with Gasteiger partial charge in [0.2, 0.25) is 0 Å². The van der Waals surface area contributed by atoms with Crippen LogP contribution in [0.2, 0.25) is 0 Å². The minimum Gasteiger partial charge on any atom is -0.349 e. The van der Waals surface area contributed by atoms with Gasteiger partial charge in [-0.3, -0.25) is 14.9 Å². The van der Waals surface area contributed by atoms with Crippen LogP contribution in [0.3, 0.4) is 0 Å². The summed E-state index contributed by atoms with van der Waals surface area (Å²) >= 11 is 0. The van der Waals surface area contributed by atoms with E-state index in [9.17, 15) is 4.79 Å². The number of rotatable bonds is 5. The number of aromatic amines is 1. The van der Waals surface area contributed by atoms with Crippen LogP contribution in [0.15, 0.2) is 48.8 Å². The minimum atomic E-state index is -0.0661. The maximum absolute atomic E-state index is 12.4. The van der Waals surface area contributed by atoms with E-state index in [-0.39, 0.29) is 11.9 Å². The Morgan fingerprint density at radius 2 is 1.96 bits per heavy atom. The van der Waals surface area contributed by atoms with E-state index in [4.69, 9.17) is 0 Å². The number of nitrogens with one attached hydrogen (secondary N) is 2. The Morgan fingerprint density at radius 3 is 2.56 bits per heavy atom. The molecule has 3 aromatic rings. The summed E-state index contributed by atoms with van der Waals surface area (Å²) < 4.78 is 0. The van der Waals surface area contributed by atoms with Gasteiger partial charge in [0.05, 0.1) is 5.69 Å². The van der Waals surface area contributed by atoms with Crippen molar-refractivity contribution in [2.75, 3.05) is 0 Å². The lowest BCUT2D eigenvalue weighted by molar-refractivity contribution is 0.0940. The van der Waals surface area contributed by atoms with Gasteiger partial charge in [-0.05, 0) is 56.5 Å². The van der Waals surface area contributed by atoms with Gasteiger partial charge in [-0.2, -0.15) is 5.10 Å². The summed E-state index contributed by atoms with van der Waals surface area (Å²) in [6, 6.07) is 11.6. The number of carbonyl (C=O) groups excluding carboxylic acids is 1. The molecule has 0 saturated carbocycles. The molecule has 2 aromatic heterocycles. The van der Waals surface area contributed by atoms with Crippen molar-refractivity contribution in [1.29, 1.82) is 0 Å². The number of H-pyrrole nitrogens is 1. The van der Waals surface area contributed by atoms with Gasteiger partial charge in [0, 0.05) is 35.3 Å². The van der Waals surface area contributed by atoms with Crippen molar-refractivity contribution in [3.05, 3.63) is 71.3 Å². The molecular weight excluding hydrogens is 312 g/mol. The predicted octanol–water partition coefficient (Wildman–Crippen LogP) is 3.45. The van der Waals surface area contributed by atoms with Crippen molar-refractivity contribution < 1.29 is 4.79 Å². The van der Waals surface area contributed by atoms with Gasteiger partial charge in [0.15, 0.2) is 0 Å². The first kappa shape index (κ1) is 16.9. The van der Waals surface area contributed by atoms with E-state index in [1.807, 2.05) is 63.4 Å². The van der Waals surface area contributed by atoms with E-state index in [2.05, 4.69) is 20.5 Å². The number of aromatic nitrogens is 3. The molecule has 128 valence electrons. The van der Waals surface area contributed by atoms with Gasteiger partial charge in [0.1, 0.15) is 0 Å². The largest absolute Gasteiger partial charge is 0.349 e. The van der Waals surface area contributed by atoms with E-state index in [0.29, 0.717) is 5.56 Å². The predicted molar refractivity (Wildman–Crippen MR) is 98.4 cm³/mol. The summed E-state index contributed by atoms with van der Waals surface area (Å²) in [4.78, 5) is 16.5. The number of hydrogen-bond acceptors (Lipinski definition) is 3. The van der Waals surface area contributed by atoms with Gasteiger partial charge >= 0.3 is 0 Å². The summed E-state index contributed by atoms with van der Waals surface area (Å²) in [5.41, 5.74) is 5.90. The van der Waals surface area contributed by atoms with Crippen molar-refractivity contribution in [3.8, 4) is 11.1 Å². The molecule has 25 heavy (non-hydrogen) atoms. The lowest BCUT2D eigenvalue weighted by Gasteiger charge is -2.14. The zero-order chi connectivity index (χ0) is 17.8. The van der Waals surface area contributed by atoms with E-state index in [0.717, 1.165) is 34.5 Å². The molecule has 2 N–H and O–H groups in total. The van der Waals surface area contributed by atoms with Crippen LogP contribution in [0.25, 0.3) is 11.1 Å². The van der Waals surface area contributed by atoms with Crippen LogP contribution in [0, 0.1) is 13.8 Å². The second-order valence-corrected chi connectivity index (χ2v) is 6.33. The molecule has 5 nitrogen and oxygen atoms in total. The lowest BCUT2D eigenvalue weighted by atomic mass is 10.0. The zero-order valence-corrected chi connectivity index (χ0v) is 14.7.